The Bertz CT molecular complexity index is 346. The van der Waals surface area contributed by atoms with Gasteiger partial charge in [0.15, 0.2) is 0 Å². The van der Waals surface area contributed by atoms with E-state index >= 15 is 0 Å². The number of aliphatic imine (C=N–C) groups is 1. The predicted molar refractivity (Wildman–Crippen MR) is 50.9 cm³/mol. The molecule has 1 unspecified atom stereocenters. The number of fused-ring (bicyclic) bond motifs is 1. The van der Waals surface area contributed by atoms with Gasteiger partial charge in [-0.1, -0.05) is 29.8 Å². The first-order valence-electron chi connectivity index (χ1n) is 3.67. The molecule has 1 aliphatic heterocycles. The quantitative estimate of drug-likeness (QED) is 0.591. The lowest BCUT2D eigenvalue weighted by Gasteiger charge is -2.17. The van der Waals surface area contributed by atoms with Gasteiger partial charge >= 0.3 is 0 Å². The Morgan fingerprint density at radius 3 is 3.08 bits per heavy atom. The number of nitrogens with zero attached hydrogens (tertiary/aromatic N) is 1. The van der Waals surface area contributed by atoms with Crippen molar-refractivity contribution in [3.63, 3.8) is 0 Å². The molecule has 2 aliphatic rings. The van der Waals surface area contributed by atoms with Crippen LogP contribution in [-0.2, 0) is 0 Å². The minimum Gasteiger partial charge on any atom is -0.283 e. The molecule has 0 aromatic heterocycles. The van der Waals surface area contributed by atoms with E-state index in [0.29, 0.717) is 5.03 Å². The van der Waals surface area contributed by atoms with Crippen LogP contribution in [0.4, 0.5) is 0 Å². The van der Waals surface area contributed by atoms with E-state index in [2.05, 4.69) is 4.99 Å². The summed E-state index contributed by atoms with van der Waals surface area (Å²) in [5, 5.41) is 7.95. The second kappa shape index (κ2) is 2.72. The van der Waals surface area contributed by atoms with Crippen LogP contribution in [0.2, 0.25) is 0 Å². The molecule has 0 radical (unpaired) electrons. The van der Waals surface area contributed by atoms with E-state index in [1.165, 1.54) is 0 Å². The SMILES string of the molecule is N=C1C=CC2C=CC=C(Cl)C2=N1. The third kappa shape index (κ3) is 1.14. The number of hydrogen-bond acceptors (Lipinski definition) is 1. The van der Waals surface area contributed by atoms with Crippen LogP contribution in [0.5, 0.6) is 0 Å². The van der Waals surface area contributed by atoms with E-state index in [0.717, 1.165) is 5.71 Å². The van der Waals surface area contributed by atoms with Crippen molar-refractivity contribution in [1.82, 2.24) is 0 Å². The van der Waals surface area contributed by atoms with Gasteiger partial charge in [0.05, 0.1) is 10.7 Å². The fourth-order valence-corrected chi connectivity index (χ4v) is 1.48. The zero-order valence-corrected chi connectivity index (χ0v) is 7.05. The molecule has 0 saturated heterocycles. The van der Waals surface area contributed by atoms with Crippen molar-refractivity contribution in [2.24, 2.45) is 10.9 Å². The van der Waals surface area contributed by atoms with Crippen LogP contribution in [0.25, 0.3) is 0 Å². The molecular formula is C9H7ClN2. The molecule has 1 aliphatic carbocycles. The van der Waals surface area contributed by atoms with E-state index in [-0.39, 0.29) is 11.8 Å². The molecule has 60 valence electrons. The number of dihydropyridines is 1. The number of nitrogens with one attached hydrogen (secondary N) is 1. The Labute approximate surface area is 75.5 Å². The van der Waals surface area contributed by atoms with Gasteiger partial charge in [-0.05, 0) is 12.2 Å². The molecule has 0 aromatic rings. The minimum absolute atomic E-state index is 0.164. The molecule has 0 saturated carbocycles. The molecule has 0 amide bonds. The first kappa shape index (κ1) is 7.50. The highest BCUT2D eigenvalue weighted by atomic mass is 35.5. The van der Waals surface area contributed by atoms with Crippen LogP contribution < -0.4 is 0 Å². The zero-order chi connectivity index (χ0) is 8.55. The molecule has 12 heavy (non-hydrogen) atoms. The van der Waals surface area contributed by atoms with Gasteiger partial charge in [-0.15, -0.1) is 0 Å². The lowest BCUT2D eigenvalue weighted by molar-refractivity contribution is 1.11. The van der Waals surface area contributed by atoms with Crippen LogP contribution in [0.3, 0.4) is 0 Å². The van der Waals surface area contributed by atoms with E-state index in [1.54, 1.807) is 12.2 Å². The summed E-state index contributed by atoms with van der Waals surface area (Å²) < 4.78 is 0. The Balaban J connectivity index is 2.44. The highest BCUT2D eigenvalue weighted by Crippen LogP contribution is 2.22. The summed E-state index contributed by atoms with van der Waals surface area (Å²) in [5.41, 5.74) is 0.784. The average molecular weight is 179 g/mol. The molecule has 1 N–H and O–H groups in total. The van der Waals surface area contributed by atoms with E-state index in [1.807, 2.05) is 18.2 Å². The Morgan fingerprint density at radius 1 is 1.42 bits per heavy atom. The number of allylic oxidation sites excluding steroid dienone is 5. The summed E-state index contributed by atoms with van der Waals surface area (Å²) in [6.45, 7) is 0. The molecule has 3 heteroatoms. The zero-order valence-electron chi connectivity index (χ0n) is 6.29. The maximum absolute atomic E-state index is 7.32. The largest absolute Gasteiger partial charge is 0.283 e. The second-order valence-corrected chi connectivity index (χ2v) is 3.07. The molecular weight excluding hydrogens is 172 g/mol. The summed E-state index contributed by atoms with van der Waals surface area (Å²) in [6, 6.07) is 0. The van der Waals surface area contributed by atoms with E-state index < -0.39 is 0 Å². The van der Waals surface area contributed by atoms with Gasteiger partial charge in [-0.2, -0.15) is 0 Å². The van der Waals surface area contributed by atoms with Crippen molar-refractivity contribution in [3.8, 4) is 0 Å². The fraction of sp³-hybridized carbons (Fsp3) is 0.111. The molecule has 1 atom stereocenters. The number of amidine groups is 1. The van der Waals surface area contributed by atoms with E-state index in [9.17, 15) is 0 Å². The number of hydrogen-bond donors (Lipinski definition) is 1. The van der Waals surface area contributed by atoms with Crippen molar-refractivity contribution < 1.29 is 0 Å². The van der Waals surface area contributed by atoms with Crippen molar-refractivity contribution >= 4 is 23.1 Å². The van der Waals surface area contributed by atoms with Crippen LogP contribution in [-0.4, -0.2) is 11.5 Å². The monoisotopic (exact) mass is 178 g/mol. The maximum atomic E-state index is 7.32. The highest BCUT2D eigenvalue weighted by molar-refractivity contribution is 6.45. The van der Waals surface area contributed by atoms with Crippen molar-refractivity contribution in [3.05, 3.63) is 35.4 Å². The minimum atomic E-state index is 0.164. The Hall–Kier alpha value is -1.15. The average Bonchev–Trinajstić information content (AvgIpc) is 2.07. The van der Waals surface area contributed by atoms with Gasteiger partial charge in [0.25, 0.3) is 0 Å². The van der Waals surface area contributed by atoms with Crippen LogP contribution >= 0.6 is 11.6 Å². The van der Waals surface area contributed by atoms with Crippen LogP contribution in [0.1, 0.15) is 0 Å². The normalized spacial score (nSPS) is 26.4. The van der Waals surface area contributed by atoms with E-state index in [4.69, 9.17) is 17.0 Å². The molecule has 0 aromatic carbocycles. The topological polar surface area (TPSA) is 36.2 Å². The molecule has 2 rings (SSSR count). The molecule has 0 bridgehead atoms. The van der Waals surface area contributed by atoms with Gasteiger partial charge in [0, 0.05) is 5.92 Å². The van der Waals surface area contributed by atoms with Gasteiger partial charge < -0.3 is 0 Å². The van der Waals surface area contributed by atoms with Crippen molar-refractivity contribution in [2.45, 2.75) is 0 Å². The number of rotatable bonds is 0. The molecule has 2 nitrogen and oxygen atoms in total. The number of halogens is 1. The van der Waals surface area contributed by atoms with Gasteiger partial charge in [0.1, 0.15) is 5.84 Å². The first-order valence-corrected chi connectivity index (χ1v) is 4.05. The summed E-state index contributed by atoms with van der Waals surface area (Å²) in [6.07, 6.45) is 9.33. The van der Waals surface area contributed by atoms with Gasteiger partial charge in [0.2, 0.25) is 0 Å². The summed E-state index contributed by atoms with van der Waals surface area (Å²) in [4.78, 5) is 4.05. The molecule has 0 spiro atoms. The maximum Gasteiger partial charge on any atom is 0.144 e. The van der Waals surface area contributed by atoms with Crippen molar-refractivity contribution in [1.29, 1.82) is 5.41 Å². The summed E-state index contributed by atoms with van der Waals surface area (Å²) in [5.74, 6) is 0.430. The summed E-state index contributed by atoms with van der Waals surface area (Å²) >= 11 is 5.90. The lowest BCUT2D eigenvalue weighted by Crippen LogP contribution is -2.18. The van der Waals surface area contributed by atoms with Crippen LogP contribution in [0.15, 0.2) is 40.4 Å². The third-order valence-corrected chi connectivity index (χ3v) is 2.14. The smallest absolute Gasteiger partial charge is 0.144 e. The Kier molecular flexibility index (Phi) is 1.70. The van der Waals surface area contributed by atoms with Gasteiger partial charge in [-0.3, -0.25) is 5.41 Å². The first-order chi connectivity index (χ1) is 5.77. The van der Waals surface area contributed by atoms with Crippen molar-refractivity contribution in [2.75, 3.05) is 0 Å². The second-order valence-electron chi connectivity index (χ2n) is 2.67. The predicted octanol–water partition coefficient (Wildman–Crippen LogP) is 2.28. The molecule has 0 fully saturated rings. The van der Waals surface area contributed by atoms with Gasteiger partial charge in [-0.25, -0.2) is 4.99 Å². The lowest BCUT2D eigenvalue weighted by atomic mass is 9.96. The summed E-state index contributed by atoms with van der Waals surface area (Å²) in [7, 11) is 0. The standard InChI is InChI=1S/C9H7ClN2/c10-7-3-1-2-6-4-5-8(11)12-9(6)7/h1-6,11H. The van der Waals surface area contributed by atoms with Crippen LogP contribution in [0, 0.1) is 11.3 Å². The highest BCUT2D eigenvalue weighted by Gasteiger charge is 2.19. The Morgan fingerprint density at radius 2 is 2.25 bits per heavy atom. The third-order valence-electron chi connectivity index (χ3n) is 1.82. The molecule has 1 heterocycles. The fourth-order valence-electron chi connectivity index (χ4n) is 1.24.